The summed E-state index contributed by atoms with van der Waals surface area (Å²) in [6.45, 7) is 1.04. The molecule has 2 aromatic carbocycles. The molecule has 40 heavy (non-hydrogen) atoms. The molecule has 2 aromatic heterocycles. The van der Waals surface area contributed by atoms with E-state index in [-0.39, 0.29) is 23.1 Å². The van der Waals surface area contributed by atoms with E-state index in [9.17, 15) is 18.0 Å². The number of amides is 2. The Labute approximate surface area is 244 Å². The number of aromatic nitrogens is 4. The first-order valence-electron chi connectivity index (χ1n) is 12.2. The molecule has 4 aromatic rings. The zero-order chi connectivity index (χ0) is 28.1. The van der Waals surface area contributed by atoms with Gasteiger partial charge >= 0.3 is 0 Å². The van der Waals surface area contributed by atoms with Crippen molar-refractivity contribution in [2.45, 2.75) is 29.4 Å². The number of carbonyl (C=O) groups is 2. The SMILES string of the molecule is O=C(CSc1nnc(CNC(=O)c2ccc(S(=O)(=O)N3CCCC3)cc2)n1-c1cccc(Cl)c1)Nc1nccs1. The largest absolute Gasteiger partial charge is 0.345 e. The molecule has 3 heterocycles. The minimum Gasteiger partial charge on any atom is -0.345 e. The summed E-state index contributed by atoms with van der Waals surface area (Å²) in [5.74, 6) is -0.155. The number of nitrogens with zero attached hydrogens (tertiary/aromatic N) is 5. The van der Waals surface area contributed by atoms with Gasteiger partial charge in [-0.05, 0) is 55.3 Å². The van der Waals surface area contributed by atoms with Crippen LogP contribution in [0.25, 0.3) is 5.69 Å². The molecule has 0 aliphatic carbocycles. The van der Waals surface area contributed by atoms with Gasteiger partial charge in [-0.15, -0.1) is 21.5 Å². The Morgan fingerprint density at radius 2 is 1.85 bits per heavy atom. The fraction of sp³-hybridized carbons (Fsp3) is 0.240. The average Bonchev–Trinajstić information content (AvgIpc) is 3.73. The Balaban J connectivity index is 1.29. The van der Waals surface area contributed by atoms with E-state index in [0.717, 1.165) is 12.8 Å². The highest BCUT2D eigenvalue weighted by Gasteiger charge is 2.27. The molecule has 0 spiro atoms. The highest BCUT2D eigenvalue weighted by Crippen LogP contribution is 2.25. The molecule has 1 saturated heterocycles. The third kappa shape index (κ3) is 6.53. The molecule has 0 unspecified atom stereocenters. The number of hydrogen-bond donors (Lipinski definition) is 2. The van der Waals surface area contributed by atoms with Gasteiger partial charge in [0, 0.05) is 35.3 Å². The standard InChI is InChI=1S/C25H24ClN7O4S3/c26-18-4-3-5-19(14-18)33-21(30-31-25(33)39-16-22(34)29-24-27-10-13-38-24)15-28-23(35)17-6-8-20(9-7-17)40(36,37)32-11-1-2-12-32/h3-10,13-14H,1-2,11-12,15-16H2,(H,28,35)(H,27,29,34). The number of thioether (sulfide) groups is 1. The molecule has 5 rings (SSSR count). The van der Waals surface area contributed by atoms with E-state index in [1.165, 1.54) is 51.7 Å². The van der Waals surface area contributed by atoms with E-state index in [0.29, 0.717) is 45.5 Å². The summed E-state index contributed by atoms with van der Waals surface area (Å²) < 4.78 is 28.7. The molecular weight excluding hydrogens is 594 g/mol. The molecule has 0 atom stereocenters. The summed E-state index contributed by atoms with van der Waals surface area (Å²) in [4.78, 5) is 29.5. The Bertz CT molecular complexity index is 1600. The first-order valence-corrected chi connectivity index (χ1v) is 15.9. The summed E-state index contributed by atoms with van der Waals surface area (Å²) in [6, 6.07) is 12.9. The minimum atomic E-state index is -3.56. The van der Waals surface area contributed by atoms with Crippen LogP contribution in [-0.2, 0) is 21.4 Å². The lowest BCUT2D eigenvalue weighted by molar-refractivity contribution is -0.113. The van der Waals surface area contributed by atoms with Crippen LogP contribution in [0.2, 0.25) is 5.02 Å². The fourth-order valence-electron chi connectivity index (χ4n) is 4.07. The summed E-state index contributed by atoms with van der Waals surface area (Å²) in [5.41, 5.74) is 0.976. The molecule has 1 aliphatic heterocycles. The molecule has 208 valence electrons. The highest BCUT2D eigenvalue weighted by molar-refractivity contribution is 7.99. The van der Waals surface area contributed by atoms with Crippen LogP contribution in [-0.4, -0.2) is 63.1 Å². The van der Waals surface area contributed by atoms with Gasteiger partial charge in [0.1, 0.15) is 0 Å². The molecule has 0 saturated carbocycles. The Kier molecular flexibility index (Phi) is 8.81. The summed E-state index contributed by atoms with van der Waals surface area (Å²) in [5, 5.41) is 17.2. The number of rotatable bonds is 10. The van der Waals surface area contributed by atoms with Crippen LogP contribution < -0.4 is 10.6 Å². The number of benzene rings is 2. The zero-order valence-electron chi connectivity index (χ0n) is 21.0. The van der Waals surface area contributed by atoms with E-state index in [2.05, 4.69) is 25.8 Å². The molecule has 0 radical (unpaired) electrons. The van der Waals surface area contributed by atoms with Crippen molar-refractivity contribution in [2.75, 3.05) is 24.2 Å². The number of nitrogens with one attached hydrogen (secondary N) is 2. The smallest absolute Gasteiger partial charge is 0.251 e. The van der Waals surface area contributed by atoms with Crippen molar-refractivity contribution in [3.05, 3.63) is 76.5 Å². The number of carbonyl (C=O) groups excluding carboxylic acids is 2. The van der Waals surface area contributed by atoms with Crippen LogP contribution in [0.3, 0.4) is 0 Å². The zero-order valence-corrected chi connectivity index (χ0v) is 24.2. The molecule has 1 aliphatic rings. The van der Waals surface area contributed by atoms with Gasteiger partial charge in [0.05, 0.1) is 22.9 Å². The van der Waals surface area contributed by atoms with Gasteiger partial charge in [-0.1, -0.05) is 29.4 Å². The molecule has 11 nitrogen and oxygen atoms in total. The van der Waals surface area contributed by atoms with Crippen LogP contribution in [0.15, 0.2) is 70.2 Å². The normalized spacial score (nSPS) is 13.8. The molecule has 1 fully saturated rings. The van der Waals surface area contributed by atoms with Crippen molar-refractivity contribution < 1.29 is 18.0 Å². The van der Waals surface area contributed by atoms with E-state index >= 15 is 0 Å². The second-order valence-electron chi connectivity index (χ2n) is 8.71. The van der Waals surface area contributed by atoms with Gasteiger partial charge in [0.2, 0.25) is 15.9 Å². The minimum absolute atomic E-state index is 0.0258. The van der Waals surface area contributed by atoms with E-state index in [1.54, 1.807) is 34.3 Å². The van der Waals surface area contributed by atoms with E-state index < -0.39 is 15.9 Å². The van der Waals surface area contributed by atoms with Gasteiger partial charge in [-0.3, -0.25) is 14.2 Å². The van der Waals surface area contributed by atoms with Gasteiger partial charge in [0.15, 0.2) is 16.1 Å². The summed E-state index contributed by atoms with van der Waals surface area (Å²) in [6.07, 6.45) is 3.30. The Morgan fingerprint density at radius 3 is 2.55 bits per heavy atom. The molecule has 2 N–H and O–H groups in total. The van der Waals surface area contributed by atoms with Gasteiger partial charge in [0.25, 0.3) is 5.91 Å². The van der Waals surface area contributed by atoms with Crippen molar-refractivity contribution in [2.24, 2.45) is 0 Å². The Hall–Kier alpha value is -3.30. The van der Waals surface area contributed by atoms with Crippen LogP contribution in [0, 0.1) is 0 Å². The van der Waals surface area contributed by atoms with Crippen molar-refractivity contribution in [1.82, 2.24) is 29.4 Å². The quantitative estimate of drug-likeness (QED) is 0.256. The summed E-state index contributed by atoms with van der Waals surface area (Å²) in [7, 11) is -3.56. The lowest BCUT2D eigenvalue weighted by Crippen LogP contribution is -2.28. The lowest BCUT2D eigenvalue weighted by atomic mass is 10.2. The van der Waals surface area contributed by atoms with Crippen molar-refractivity contribution in [3.63, 3.8) is 0 Å². The second kappa shape index (κ2) is 12.5. The molecule has 2 amide bonds. The average molecular weight is 618 g/mol. The monoisotopic (exact) mass is 617 g/mol. The highest BCUT2D eigenvalue weighted by atomic mass is 35.5. The van der Waals surface area contributed by atoms with Crippen LogP contribution in [0.4, 0.5) is 5.13 Å². The predicted molar refractivity (Wildman–Crippen MR) is 153 cm³/mol. The second-order valence-corrected chi connectivity index (χ2v) is 12.9. The third-order valence-electron chi connectivity index (χ3n) is 6.00. The lowest BCUT2D eigenvalue weighted by Gasteiger charge is -2.15. The molecule has 0 bridgehead atoms. The number of hydrogen-bond acceptors (Lipinski definition) is 9. The van der Waals surface area contributed by atoms with E-state index in [4.69, 9.17) is 11.6 Å². The van der Waals surface area contributed by atoms with E-state index in [1.807, 2.05) is 6.07 Å². The summed E-state index contributed by atoms with van der Waals surface area (Å²) >= 11 is 8.72. The van der Waals surface area contributed by atoms with Crippen LogP contribution in [0.5, 0.6) is 0 Å². The molecular formula is C25H24ClN7O4S3. The van der Waals surface area contributed by atoms with Gasteiger partial charge < -0.3 is 10.6 Å². The number of sulfonamides is 1. The molecule has 15 heteroatoms. The third-order valence-corrected chi connectivity index (χ3v) is 9.77. The maximum absolute atomic E-state index is 12.9. The van der Waals surface area contributed by atoms with Crippen molar-refractivity contribution >= 4 is 61.7 Å². The number of thiazole rings is 1. The number of anilines is 1. The van der Waals surface area contributed by atoms with Crippen molar-refractivity contribution in [1.29, 1.82) is 0 Å². The fourth-order valence-corrected chi connectivity index (χ4v) is 7.09. The van der Waals surface area contributed by atoms with Gasteiger partial charge in [-0.2, -0.15) is 4.31 Å². The first-order chi connectivity index (χ1) is 19.3. The van der Waals surface area contributed by atoms with Crippen molar-refractivity contribution in [3.8, 4) is 5.69 Å². The predicted octanol–water partition coefficient (Wildman–Crippen LogP) is 3.82. The Morgan fingerprint density at radius 1 is 1.07 bits per heavy atom. The van der Waals surface area contributed by atoms with Crippen LogP contribution in [0.1, 0.15) is 29.0 Å². The number of halogens is 1. The maximum Gasteiger partial charge on any atom is 0.251 e. The topological polar surface area (TPSA) is 139 Å². The van der Waals surface area contributed by atoms with Gasteiger partial charge in [-0.25, -0.2) is 13.4 Å². The maximum atomic E-state index is 12.9. The van der Waals surface area contributed by atoms with Crippen LogP contribution >= 0.6 is 34.7 Å². The first kappa shape index (κ1) is 28.2.